The van der Waals surface area contributed by atoms with E-state index in [1.165, 1.54) is 12.1 Å². The number of ether oxygens (including phenoxy) is 3. The Kier molecular flexibility index (Phi) is 4.05. The van der Waals surface area contributed by atoms with Crippen molar-refractivity contribution in [3.63, 3.8) is 0 Å². The van der Waals surface area contributed by atoms with Gasteiger partial charge in [-0.2, -0.15) is 0 Å². The maximum Gasteiger partial charge on any atom is 0.231 e. The van der Waals surface area contributed by atoms with Crippen molar-refractivity contribution in [1.29, 1.82) is 0 Å². The fourth-order valence-electron chi connectivity index (χ4n) is 2.12. The van der Waals surface area contributed by atoms with Crippen molar-refractivity contribution >= 4 is 28.3 Å². The van der Waals surface area contributed by atoms with E-state index in [2.05, 4.69) is 27.9 Å². The summed E-state index contributed by atoms with van der Waals surface area (Å²) in [5.41, 5.74) is 1.88. The molecule has 1 aliphatic rings. The molecule has 4 nitrogen and oxygen atoms in total. The third-order valence-corrected chi connectivity index (χ3v) is 4.02. The highest BCUT2D eigenvalue weighted by atomic mass is 127. The average molecular weight is 401 g/mol. The van der Waals surface area contributed by atoms with Crippen LogP contribution in [0.4, 0.5) is 10.1 Å². The van der Waals surface area contributed by atoms with E-state index in [9.17, 15) is 4.39 Å². The lowest BCUT2D eigenvalue weighted by atomic mass is 10.1. The van der Waals surface area contributed by atoms with Crippen LogP contribution in [0.25, 0.3) is 0 Å². The first kappa shape index (κ1) is 14.2. The van der Waals surface area contributed by atoms with Crippen molar-refractivity contribution in [3.8, 4) is 17.2 Å². The predicted molar refractivity (Wildman–Crippen MR) is 85.6 cm³/mol. The average Bonchev–Trinajstić information content (AvgIpc) is 2.93. The minimum Gasteiger partial charge on any atom is -0.493 e. The Labute approximate surface area is 135 Å². The van der Waals surface area contributed by atoms with E-state index in [0.29, 0.717) is 23.8 Å². The Morgan fingerprint density at radius 1 is 1.29 bits per heavy atom. The van der Waals surface area contributed by atoms with E-state index < -0.39 is 0 Å². The number of fused-ring (bicyclic) bond motifs is 1. The van der Waals surface area contributed by atoms with Gasteiger partial charge in [-0.1, -0.05) is 0 Å². The second-order valence-corrected chi connectivity index (χ2v) is 5.67. The summed E-state index contributed by atoms with van der Waals surface area (Å²) in [6.45, 7) is 0.785. The Morgan fingerprint density at radius 2 is 2.14 bits per heavy atom. The highest BCUT2D eigenvalue weighted by Gasteiger charge is 2.20. The Balaban J connectivity index is 1.79. The molecule has 1 N–H and O–H groups in total. The zero-order valence-corrected chi connectivity index (χ0v) is 13.4. The quantitative estimate of drug-likeness (QED) is 0.792. The summed E-state index contributed by atoms with van der Waals surface area (Å²) in [7, 11) is 1.59. The first-order valence-electron chi connectivity index (χ1n) is 6.33. The van der Waals surface area contributed by atoms with Gasteiger partial charge in [-0.05, 0) is 58.5 Å². The van der Waals surface area contributed by atoms with Crippen molar-refractivity contribution in [2.24, 2.45) is 0 Å². The van der Waals surface area contributed by atoms with Gasteiger partial charge in [0.2, 0.25) is 12.5 Å². The molecule has 110 valence electrons. The second-order valence-electron chi connectivity index (χ2n) is 4.51. The molecule has 0 fully saturated rings. The number of benzene rings is 2. The van der Waals surface area contributed by atoms with Crippen molar-refractivity contribution in [2.75, 3.05) is 19.2 Å². The van der Waals surface area contributed by atoms with Gasteiger partial charge >= 0.3 is 0 Å². The monoisotopic (exact) mass is 401 g/mol. The highest BCUT2D eigenvalue weighted by Crippen LogP contribution is 2.41. The second kappa shape index (κ2) is 5.97. The summed E-state index contributed by atoms with van der Waals surface area (Å²) in [5.74, 6) is 1.72. The van der Waals surface area contributed by atoms with Crippen LogP contribution >= 0.6 is 22.6 Å². The molecule has 6 heteroatoms. The summed E-state index contributed by atoms with van der Waals surface area (Å²) in [4.78, 5) is 0. The molecule has 1 heterocycles. The van der Waals surface area contributed by atoms with Gasteiger partial charge < -0.3 is 19.5 Å². The van der Waals surface area contributed by atoms with Gasteiger partial charge in [0.1, 0.15) is 5.82 Å². The highest BCUT2D eigenvalue weighted by molar-refractivity contribution is 14.1. The molecule has 0 radical (unpaired) electrons. The van der Waals surface area contributed by atoms with Crippen LogP contribution in [0.3, 0.4) is 0 Å². The van der Waals surface area contributed by atoms with E-state index >= 15 is 0 Å². The third kappa shape index (κ3) is 2.99. The lowest BCUT2D eigenvalue weighted by molar-refractivity contribution is 0.171. The van der Waals surface area contributed by atoms with Gasteiger partial charge in [0.15, 0.2) is 11.5 Å². The van der Waals surface area contributed by atoms with E-state index in [1.54, 1.807) is 13.2 Å². The zero-order valence-electron chi connectivity index (χ0n) is 11.3. The minimum atomic E-state index is -0.241. The topological polar surface area (TPSA) is 39.7 Å². The van der Waals surface area contributed by atoms with Crippen LogP contribution in [0.2, 0.25) is 0 Å². The Hall–Kier alpha value is -1.70. The first-order chi connectivity index (χ1) is 10.2. The summed E-state index contributed by atoms with van der Waals surface area (Å²) in [6.07, 6.45) is 0. The van der Waals surface area contributed by atoms with Gasteiger partial charge in [0, 0.05) is 15.8 Å². The maximum absolute atomic E-state index is 13.1. The molecule has 0 spiro atoms. The molecular formula is C15H13FINO3. The fourth-order valence-corrected chi connectivity index (χ4v) is 2.78. The lowest BCUT2D eigenvalue weighted by Crippen LogP contribution is -2.02. The first-order valence-corrected chi connectivity index (χ1v) is 7.40. The SMILES string of the molecule is COc1cc(CNc2ccc(F)cc2I)cc2c1OCO2. The van der Waals surface area contributed by atoms with Crippen molar-refractivity contribution in [2.45, 2.75) is 6.54 Å². The van der Waals surface area contributed by atoms with Crippen LogP contribution < -0.4 is 19.5 Å². The molecule has 0 saturated carbocycles. The molecule has 0 aliphatic carbocycles. The Bertz CT molecular complexity index is 678. The number of rotatable bonds is 4. The smallest absolute Gasteiger partial charge is 0.231 e. The zero-order chi connectivity index (χ0) is 14.8. The predicted octanol–water partition coefficient (Wildman–Crippen LogP) is 3.78. The molecule has 0 unspecified atom stereocenters. The van der Waals surface area contributed by atoms with E-state index in [-0.39, 0.29) is 12.6 Å². The summed E-state index contributed by atoms with van der Waals surface area (Å²) in [5, 5.41) is 3.27. The number of anilines is 1. The van der Waals surface area contributed by atoms with Crippen LogP contribution in [0.5, 0.6) is 17.2 Å². The van der Waals surface area contributed by atoms with Crippen LogP contribution in [-0.4, -0.2) is 13.9 Å². The minimum absolute atomic E-state index is 0.207. The molecule has 0 amide bonds. The van der Waals surface area contributed by atoms with Crippen LogP contribution in [0.1, 0.15) is 5.56 Å². The fraction of sp³-hybridized carbons (Fsp3) is 0.200. The van der Waals surface area contributed by atoms with Crippen molar-refractivity contribution in [1.82, 2.24) is 0 Å². The Morgan fingerprint density at radius 3 is 2.90 bits per heavy atom. The molecule has 2 aromatic carbocycles. The van der Waals surface area contributed by atoms with Gasteiger partial charge in [0.05, 0.1) is 7.11 Å². The molecule has 2 aromatic rings. The van der Waals surface area contributed by atoms with Gasteiger partial charge in [-0.25, -0.2) is 4.39 Å². The number of halogens is 2. The summed E-state index contributed by atoms with van der Waals surface area (Å²) in [6, 6.07) is 8.46. The van der Waals surface area contributed by atoms with Crippen molar-refractivity contribution < 1.29 is 18.6 Å². The molecule has 0 saturated heterocycles. The molecule has 0 aromatic heterocycles. The maximum atomic E-state index is 13.1. The van der Waals surface area contributed by atoms with Crippen LogP contribution in [0, 0.1) is 9.39 Å². The van der Waals surface area contributed by atoms with Gasteiger partial charge in [-0.3, -0.25) is 0 Å². The molecule has 3 rings (SSSR count). The third-order valence-electron chi connectivity index (χ3n) is 3.13. The molecule has 21 heavy (non-hydrogen) atoms. The number of nitrogens with one attached hydrogen (secondary N) is 1. The van der Waals surface area contributed by atoms with Crippen LogP contribution in [-0.2, 0) is 6.54 Å². The summed E-state index contributed by atoms with van der Waals surface area (Å²) < 4.78 is 30.0. The van der Waals surface area contributed by atoms with Gasteiger partial charge in [0.25, 0.3) is 0 Å². The van der Waals surface area contributed by atoms with E-state index in [1.807, 2.05) is 12.1 Å². The van der Waals surface area contributed by atoms with Crippen molar-refractivity contribution in [3.05, 3.63) is 45.3 Å². The standard InChI is InChI=1S/C15H13FINO3/c1-19-13-4-9(5-14-15(13)21-8-20-14)7-18-12-3-2-10(16)6-11(12)17/h2-6,18H,7-8H2,1H3. The number of methoxy groups -OCH3 is 1. The largest absolute Gasteiger partial charge is 0.493 e. The molecule has 0 bridgehead atoms. The molecule has 0 atom stereocenters. The normalized spacial score (nSPS) is 12.3. The summed E-state index contributed by atoms with van der Waals surface area (Å²) >= 11 is 2.10. The van der Waals surface area contributed by atoms with E-state index in [4.69, 9.17) is 14.2 Å². The van der Waals surface area contributed by atoms with Gasteiger partial charge in [-0.15, -0.1) is 0 Å². The van der Waals surface area contributed by atoms with Crippen LogP contribution in [0.15, 0.2) is 30.3 Å². The number of hydrogen-bond acceptors (Lipinski definition) is 4. The number of hydrogen-bond donors (Lipinski definition) is 1. The van der Waals surface area contributed by atoms with E-state index in [0.717, 1.165) is 14.8 Å². The molecular weight excluding hydrogens is 388 g/mol. The molecule has 1 aliphatic heterocycles. The lowest BCUT2D eigenvalue weighted by Gasteiger charge is -2.11.